The molecule has 0 saturated heterocycles. The number of fused-ring (bicyclic) bond motifs is 1. The molecule has 0 unspecified atom stereocenters. The van der Waals surface area contributed by atoms with Crippen LogP contribution in [0.15, 0.2) is 54.7 Å². The molecule has 0 aliphatic carbocycles. The lowest BCUT2D eigenvalue weighted by Gasteiger charge is -2.18. The summed E-state index contributed by atoms with van der Waals surface area (Å²) in [4.78, 5) is 27.3. The summed E-state index contributed by atoms with van der Waals surface area (Å²) in [6.45, 7) is 1.98. The fraction of sp³-hybridized carbons (Fsp3) is 0.238. The predicted octanol–water partition coefficient (Wildman–Crippen LogP) is 2.16. The fourth-order valence-electron chi connectivity index (χ4n) is 3.27. The average molecular weight is 365 g/mol. The summed E-state index contributed by atoms with van der Waals surface area (Å²) in [5.74, 6) is -1.55. The Balaban J connectivity index is 1.72. The van der Waals surface area contributed by atoms with Crippen LogP contribution in [-0.4, -0.2) is 34.1 Å². The molecular formula is C21H23N3O3. The maximum Gasteiger partial charge on any atom is 0.326 e. The standard InChI is InChI=1S/C21H23N3O3/c1-13-6-5-9-17-19(13)15(12-23-17)11-18(21(26)27)24-20(25)16(22)10-14-7-3-2-4-8-14/h2-9,12,16,18,23H,10-11,22H2,1H3,(H,24,25)(H,26,27)/t16-,18-/m0/s1. The van der Waals surface area contributed by atoms with E-state index in [0.29, 0.717) is 6.42 Å². The molecule has 6 nitrogen and oxygen atoms in total. The van der Waals surface area contributed by atoms with Crippen molar-refractivity contribution >= 4 is 22.8 Å². The molecule has 2 aromatic carbocycles. The summed E-state index contributed by atoms with van der Waals surface area (Å²) in [5.41, 5.74) is 9.76. The zero-order valence-corrected chi connectivity index (χ0v) is 15.1. The SMILES string of the molecule is Cc1cccc2[nH]cc(C[C@H](NC(=O)[C@@H](N)Cc3ccccc3)C(=O)O)c12. The van der Waals surface area contributed by atoms with Crippen molar-refractivity contribution in [2.75, 3.05) is 0 Å². The maximum absolute atomic E-state index is 12.4. The number of aliphatic carboxylic acids is 1. The molecule has 0 spiro atoms. The van der Waals surface area contributed by atoms with Crippen LogP contribution >= 0.6 is 0 Å². The Morgan fingerprint density at radius 2 is 1.85 bits per heavy atom. The van der Waals surface area contributed by atoms with Gasteiger partial charge in [0.15, 0.2) is 0 Å². The lowest BCUT2D eigenvalue weighted by Crippen LogP contribution is -2.50. The molecule has 140 valence electrons. The normalized spacial score (nSPS) is 13.3. The van der Waals surface area contributed by atoms with E-state index in [0.717, 1.165) is 27.6 Å². The second-order valence-corrected chi connectivity index (χ2v) is 6.71. The molecule has 0 fully saturated rings. The van der Waals surface area contributed by atoms with Gasteiger partial charge in [0.2, 0.25) is 5.91 Å². The Morgan fingerprint density at radius 3 is 2.56 bits per heavy atom. The summed E-state index contributed by atoms with van der Waals surface area (Å²) in [6, 6.07) is 13.4. The number of carbonyl (C=O) groups excluding carboxylic acids is 1. The Bertz CT molecular complexity index is 950. The molecule has 6 heteroatoms. The van der Waals surface area contributed by atoms with Crippen LogP contribution in [0.2, 0.25) is 0 Å². The van der Waals surface area contributed by atoms with Gasteiger partial charge in [-0.05, 0) is 36.1 Å². The minimum Gasteiger partial charge on any atom is -0.480 e. The lowest BCUT2D eigenvalue weighted by molar-refractivity contribution is -0.141. The first-order valence-corrected chi connectivity index (χ1v) is 8.84. The van der Waals surface area contributed by atoms with Crippen molar-refractivity contribution in [3.05, 3.63) is 71.4 Å². The highest BCUT2D eigenvalue weighted by Crippen LogP contribution is 2.23. The average Bonchev–Trinajstić information content (AvgIpc) is 3.06. The Hall–Kier alpha value is -3.12. The Labute approximate surface area is 157 Å². The number of H-pyrrole nitrogens is 1. The molecule has 5 N–H and O–H groups in total. The van der Waals surface area contributed by atoms with Gasteiger partial charge in [-0.15, -0.1) is 0 Å². The molecule has 1 amide bonds. The van der Waals surface area contributed by atoms with E-state index in [9.17, 15) is 14.7 Å². The summed E-state index contributed by atoms with van der Waals surface area (Å²) < 4.78 is 0. The van der Waals surface area contributed by atoms with E-state index in [1.54, 1.807) is 6.20 Å². The van der Waals surface area contributed by atoms with Crippen molar-refractivity contribution in [1.29, 1.82) is 0 Å². The number of rotatable bonds is 7. The van der Waals surface area contributed by atoms with E-state index < -0.39 is 24.0 Å². The van der Waals surface area contributed by atoms with Crippen LogP contribution in [-0.2, 0) is 22.4 Å². The molecule has 3 rings (SSSR count). The number of carboxylic acids is 1. The number of carboxylic acid groups (broad SMARTS) is 1. The number of aromatic amines is 1. The van der Waals surface area contributed by atoms with Gasteiger partial charge in [-0.25, -0.2) is 4.79 Å². The van der Waals surface area contributed by atoms with Gasteiger partial charge in [-0.3, -0.25) is 4.79 Å². The summed E-state index contributed by atoms with van der Waals surface area (Å²) in [6.07, 6.45) is 2.33. The van der Waals surface area contributed by atoms with Crippen LogP contribution in [0.4, 0.5) is 0 Å². The van der Waals surface area contributed by atoms with Crippen LogP contribution in [0.5, 0.6) is 0 Å². The zero-order valence-electron chi connectivity index (χ0n) is 15.1. The molecule has 0 radical (unpaired) electrons. The quantitative estimate of drug-likeness (QED) is 0.514. The first-order chi connectivity index (χ1) is 13.0. The number of nitrogens with two attached hydrogens (primary N) is 1. The third-order valence-corrected chi connectivity index (χ3v) is 4.67. The van der Waals surface area contributed by atoms with E-state index >= 15 is 0 Å². The molecule has 27 heavy (non-hydrogen) atoms. The minimum absolute atomic E-state index is 0.185. The van der Waals surface area contributed by atoms with Crippen molar-refractivity contribution in [2.45, 2.75) is 31.8 Å². The maximum atomic E-state index is 12.4. The molecule has 3 aromatic rings. The number of carbonyl (C=O) groups is 2. The van der Waals surface area contributed by atoms with E-state index in [-0.39, 0.29) is 6.42 Å². The molecule has 0 saturated carbocycles. The Morgan fingerprint density at radius 1 is 1.11 bits per heavy atom. The third kappa shape index (κ3) is 4.35. The van der Waals surface area contributed by atoms with Gasteiger partial charge < -0.3 is 21.1 Å². The largest absolute Gasteiger partial charge is 0.480 e. The highest BCUT2D eigenvalue weighted by atomic mass is 16.4. The molecule has 2 atom stereocenters. The fourth-order valence-corrected chi connectivity index (χ4v) is 3.27. The van der Waals surface area contributed by atoms with Crippen LogP contribution in [0, 0.1) is 6.92 Å². The van der Waals surface area contributed by atoms with Crippen LogP contribution in [0.3, 0.4) is 0 Å². The van der Waals surface area contributed by atoms with Gasteiger partial charge in [0.25, 0.3) is 0 Å². The van der Waals surface area contributed by atoms with Crippen LogP contribution in [0.1, 0.15) is 16.7 Å². The number of nitrogens with one attached hydrogen (secondary N) is 2. The molecule has 0 aliphatic heterocycles. The molecule has 0 bridgehead atoms. The van der Waals surface area contributed by atoms with Crippen molar-refractivity contribution in [1.82, 2.24) is 10.3 Å². The number of amides is 1. The van der Waals surface area contributed by atoms with Crippen LogP contribution in [0.25, 0.3) is 10.9 Å². The molecule has 0 aliphatic rings. The monoisotopic (exact) mass is 365 g/mol. The molecule has 1 heterocycles. The van der Waals surface area contributed by atoms with Gasteiger partial charge in [0.1, 0.15) is 6.04 Å². The van der Waals surface area contributed by atoms with Gasteiger partial charge >= 0.3 is 5.97 Å². The number of aromatic nitrogens is 1. The summed E-state index contributed by atoms with van der Waals surface area (Å²) >= 11 is 0. The van der Waals surface area contributed by atoms with Gasteiger partial charge in [-0.2, -0.15) is 0 Å². The van der Waals surface area contributed by atoms with Gasteiger partial charge in [-0.1, -0.05) is 42.5 Å². The van der Waals surface area contributed by atoms with Gasteiger partial charge in [0, 0.05) is 23.5 Å². The predicted molar refractivity (Wildman–Crippen MR) is 104 cm³/mol. The number of hydrogen-bond acceptors (Lipinski definition) is 3. The first kappa shape index (κ1) is 18.7. The first-order valence-electron chi connectivity index (χ1n) is 8.84. The number of benzene rings is 2. The highest BCUT2D eigenvalue weighted by molar-refractivity contribution is 5.89. The van der Waals surface area contributed by atoms with Crippen molar-refractivity contribution < 1.29 is 14.7 Å². The van der Waals surface area contributed by atoms with Crippen LogP contribution < -0.4 is 11.1 Å². The number of hydrogen-bond donors (Lipinski definition) is 4. The second kappa shape index (κ2) is 8.05. The van der Waals surface area contributed by atoms with Crippen molar-refractivity contribution in [3.63, 3.8) is 0 Å². The molecular weight excluding hydrogens is 342 g/mol. The topological polar surface area (TPSA) is 108 Å². The highest BCUT2D eigenvalue weighted by Gasteiger charge is 2.25. The van der Waals surface area contributed by atoms with E-state index in [1.807, 2.05) is 55.5 Å². The second-order valence-electron chi connectivity index (χ2n) is 6.71. The Kier molecular flexibility index (Phi) is 5.57. The van der Waals surface area contributed by atoms with Crippen molar-refractivity contribution in [2.24, 2.45) is 5.73 Å². The summed E-state index contributed by atoms with van der Waals surface area (Å²) in [7, 11) is 0. The molecule has 1 aromatic heterocycles. The number of aryl methyl sites for hydroxylation is 1. The smallest absolute Gasteiger partial charge is 0.326 e. The van der Waals surface area contributed by atoms with Crippen molar-refractivity contribution in [3.8, 4) is 0 Å². The van der Waals surface area contributed by atoms with E-state index in [4.69, 9.17) is 5.73 Å². The van der Waals surface area contributed by atoms with E-state index in [1.165, 1.54) is 0 Å². The van der Waals surface area contributed by atoms with E-state index in [2.05, 4.69) is 10.3 Å². The summed E-state index contributed by atoms with van der Waals surface area (Å²) in [5, 5.41) is 13.1. The lowest BCUT2D eigenvalue weighted by atomic mass is 10.0. The third-order valence-electron chi connectivity index (χ3n) is 4.67. The zero-order chi connectivity index (χ0) is 19.4. The van der Waals surface area contributed by atoms with Gasteiger partial charge in [0.05, 0.1) is 6.04 Å². The minimum atomic E-state index is -1.09.